The van der Waals surface area contributed by atoms with Crippen molar-refractivity contribution in [2.24, 2.45) is 0 Å². The predicted octanol–water partition coefficient (Wildman–Crippen LogP) is 5.79. The van der Waals surface area contributed by atoms with Gasteiger partial charge in [0, 0.05) is 16.0 Å². The average Bonchev–Trinajstić information content (AvgIpc) is 3.11. The van der Waals surface area contributed by atoms with Gasteiger partial charge in [-0.05, 0) is 42.3 Å². The van der Waals surface area contributed by atoms with Crippen LogP contribution in [0.5, 0.6) is 0 Å². The Bertz CT molecular complexity index is 1000. The van der Waals surface area contributed by atoms with Crippen LogP contribution in [-0.2, 0) is 4.74 Å². The molecule has 6 heteroatoms. The molecule has 2 aromatic carbocycles. The molecule has 1 heterocycles. The summed E-state index contributed by atoms with van der Waals surface area (Å²) in [5.74, 6) is 0. The van der Waals surface area contributed by atoms with Crippen LogP contribution >= 0.6 is 11.6 Å². The third-order valence-corrected chi connectivity index (χ3v) is 4.70. The second-order valence-corrected chi connectivity index (χ2v) is 6.72. The third kappa shape index (κ3) is 4.29. The minimum atomic E-state index is -0.473. The van der Waals surface area contributed by atoms with Crippen molar-refractivity contribution in [2.45, 2.75) is 32.6 Å². The molecular formula is C21H20ClN3O2. The summed E-state index contributed by atoms with van der Waals surface area (Å²) >= 11 is 6.28. The fourth-order valence-electron chi connectivity index (χ4n) is 2.91. The third-order valence-electron chi connectivity index (χ3n) is 4.37. The fourth-order valence-corrected chi connectivity index (χ4v) is 3.14. The van der Waals surface area contributed by atoms with Crippen molar-refractivity contribution < 1.29 is 9.53 Å². The van der Waals surface area contributed by atoms with Crippen molar-refractivity contribution in [2.75, 3.05) is 6.61 Å². The van der Waals surface area contributed by atoms with Crippen molar-refractivity contribution in [3.63, 3.8) is 0 Å². The molecule has 0 aliphatic carbocycles. The van der Waals surface area contributed by atoms with Crippen molar-refractivity contribution in [1.29, 1.82) is 5.26 Å². The maximum atomic E-state index is 12.3. The first-order valence-electron chi connectivity index (χ1n) is 8.99. The largest absolute Gasteiger partial charge is 0.448 e. The average molecular weight is 382 g/mol. The molecule has 0 radical (unpaired) electrons. The standard InChI is InChI=1S/C21H20ClN3O2/c1-2-3-4-5-10-27-21(26)25-20-9-7-16(12-17(20)14-24-25)18-11-15(13-23)6-8-19(18)22/h6-9,11-12,14H,2-5,10H2,1H3. The molecule has 27 heavy (non-hydrogen) atoms. The quantitative estimate of drug-likeness (QED) is 0.506. The van der Waals surface area contributed by atoms with Gasteiger partial charge in [0.05, 0.1) is 30.0 Å². The first-order valence-corrected chi connectivity index (χ1v) is 9.36. The zero-order chi connectivity index (χ0) is 19.2. The molecule has 0 N–H and O–H groups in total. The Morgan fingerprint density at radius 1 is 1.22 bits per heavy atom. The van der Waals surface area contributed by atoms with E-state index in [1.54, 1.807) is 24.4 Å². The summed E-state index contributed by atoms with van der Waals surface area (Å²) in [6.07, 6.45) is 5.34. The summed E-state index contributed by atoms with van der Waals surface area (Å²) in [6, 6.07) is 12.8. The lowest BCUT2D eigenvalue weighted by atomic mass is 10.0. The number of benzene rings is 2. The Balaban J connectivity index is 1.81. The summed E-state index contributed by atoms with van der Waals surface area (Å²) in [6.45, 7) is 2.54. The SMILES string of the molecule is CCCCCCOC(=O)n1ncc2cc(-c3cc(C#N)ccc3Cl)ccc21. The van der Waals surface area contributed by atoms with Gasteiger partial charge in [0.2, 0.25) is 0 Å². The highest BCUT2D eigenvalue weighted by molar-refractivity contribution is 6.33. The zero-order valence-electron chi connectivity index (χ0n) is 15.1. The van der Waals surface area contributed by atoms with E-state index in [1.165, 1.54) is 4.68 Å². The van der Waals surface area contributed by atoms with Crippen LogP contribution in [0.1, 0.15) is 38.2 Å². The maximum Gasteiger partial charge on any atom is 0.435 e. The molecule has 0 atom stereocenters. The van der Waals surface area contributed by atoms with Gasteiger partial charge in [-0.1, -0.05) is 43.9 Å². The van der Waals surface area contributed by atoms with E-state index in [0.29, 0.717) is 22.7 Å². The highest BCUT2D eigenvalue weighted by atomic mass is 35.5. The number of rotatable bonds is 6. The van der Waals surface area contributed by atoms with Gasteiger partial charge in [-0.3, -0.25) is 0 Å². The number of halogens is 1. The Labute approximate surface area is 163 Å². The lowest BCUT2D eigenvalue weighted by Crippen LogP contribution is -2.15. The summed E-state index contributed by atoms with van der Waals surface area (Å²) in [5, 5.41) is 14.6. The number of fused-ring (bicyclic) bond motifs is 1. The molecule has 0 fully saturated rings. The normalized spacial score (nSPS) is 10.7. The smallest absolute Gasteiger partial charge is 0.435 e. The first kappa shape index (κ1) is 18.9. The van der Waals surface area contributed by atoms with E-state index in [2.05, 4.69) is 18.1 Å². The van der Waals surface area contributed by atoms with Gasteiger partial charge in [0.25, 0.3) is 0 Å². The van der Waals surface area contributed by atoms with Crippen LogP contribution in [0.25, 0.3) is 22.0 Å². The molecule has 138 valence electrons. The van der Waals surface area contributed by atoms with Crippen molar-refractivity contribution in [3.8, 4) is 17.2 Å². The van der Waals surface area contributed by atoms with Crippen molar-refractivity contribution in [3.05, 3.63) is 53.2 Å². The second-order valence-electron chi connectivity index (χ2n) is 6.31. The van der Waals surface area contributed by atoms with Crippen LogP contribution in [0.15, 0.2) is 42.6 Å². The number of hydrogen-bond acceptors (Lipinski definition) is 4. The number of unbranched alkanes of at least 4 members (excludes halogenated alkanes) is 3. The molecular weight excluding hydrogens is 362 g/mol. The maximum absolute atomic E-state index is 12.3. The number of nitrogens with zero attached hydrogens (tertiary/aromatic N) is 3. The molecule has 0 aliphatic rings. The number of ether oxygens (including phenoxy) is 1. The van der Waals surface area contributed by atoms with E-state index < -0.39 is 6.09 Å². The molecule has 3 aromatic rings. The van der Waals surface area contributed by atoms with Gasteiger partial charge in [0.15, 0.2) is 0 Å². The molecule has 0 unspecified atom stereocenters. The lowest BCUT2D eigenvalue weighted by molar-refractivity contribution is 0.143. The van der Waals surface area contributed by atoms with Gasteiger partial charge in [0.1, 0.15) is 0 Å². The van der Waals surface area contributed by atoms with Crippen LogP contribution in [0, 0.1) is 11.3 Å². The van der Waals surface area contributed by atoms with Crippen LogP contribution in [0.4, 0.5) is 4.79 Å². The Kier molecular flexibility index (Phi) is 6.10. The molecule has 0 aliphatic heterocycles. The van der Waals surface area contributed by atoms with Gasteiger partial charge >= 0.3 is 6.09 Å². The second kappa shape index (κ2) is 8.70. The van der Waals surface area contributed by atoms with Gasteiger partial charge in [-0.2, -0.15) is 15.0 Å². The molecule has 0 bridgehead atoms. The minimum absolute atomic E-state index is 0.398. The number of aromatic nitrogens is 2. The molecule has 0 saturated heterocycles. The number of carbonyl (C=O) groups is 1. The van der Waals surface area contributed by atoms with Crippen LogP contribution in [-0.4, -0.2) is 22.5 Å². The summed E-state index contributed by atoms with van der Waals surface area (Å²) < 4.78 is 6.58. The molecule has 1 aromatic heterocycles. The van der Waals surface area contributed by atoms with E-state index in [9.17, 15) is 4.79 Å². The van der Waals surface area contributed by atoms with E-state index in [4.69, 9.17) is 21.6 Å². The topological polar surface area (TPSA) is 67.9 Å². The van der Waals surface area contributed by atoms with Crippen molar-refractivity contribution >= 4 is 28.6 Å². The zero-order valence-corrected chi connectivity index (χ0v) is 15.9. The van der Waals surface area contributed by atoms with Crippen LogP contribution in [0.3, 0.4) is 0 Å². The van der Waals surface area contributed by atoms with Gasteiger partial charge in [-0.25, -0.2) is 4.79 Å². The Morgan fingerprint density at radius 2 is 2.07 bits per heavy atom. The van der Waals surface area contributed by atoms with Crippen LogP contribution in [0.2, 0.25) is 5.02 Å². The molecule has 0 saturated carbocycles. The highest BCUT2D eigenvalue weighted by Crippen LogP contribution is 2.31. The number of nitriles is 1. The number of carbonyl (C=O) groups excluding carboxylic acids is 1. The van der Waals surface area contributed by atoms with E-state index in [0.717, 1.165) is 42.2 Å². The van der Waals surface area contributed by atoms with E-state index in [-0.39, 0.29) is 0 Å². The van der Waals surface area contributed by atoms with Gasteiger partial charge < -0.3 is 4.74 Å². The summed E-state index contributed by atoms with van der Waals surface area (Å²) in [7, 11) is 0. The predicted molar refractivity (Wildman–Crippen MR) is 106 cm³/mol. The molecule has 5 nitrogen and oxygen atoms in total. The molecule has 0 spiro atoms. The van der Waals surface area contributed by atoms with E-state index >= 15 is 0 Å². The Hall–Kier alpha value is -2.84. The highest BCUT2D eigenvalue weighted by Gasteiger charge is 2.13. The first-order chi connectivity index (χ1) is 13.1. The minimum Gasteiger partial charge on any atom is -0.448 e. The van der Waals surface area contributed by atoms with Crippen LogP contribution < -0.4 is 0 Å². The fraction of sp³-hybridized carbons (Fsp3) is 0.286. The molecule has 0 amide bonds. The summed E-state index contributed by atoms with van der Waals surface area (Å²) in [5.41, 5.74) is 2.84. The monoisotopic (exact) mass is 381 g/mol. The molecule has 3 rings (SSSR count). The number of hydrogen-bond donors (Lipinski definition) is 0. The van der Waals surface area contributed by atoms with Gasteiger partial charge in [-0.15, -0.1) is 0 Å². The van der Waals surface area contributed by atoms with E-state index in [1.807, 2.05) is 18.2 Å². The Morgan fingerprint density at radius 3 is 2.85 bits per heavy atom. The lowest BCUT2D eigenvalue weighted by Gasteiger charge is -2.07. The van der Waals surface area contributed by atoms with Crippen molar-refractivity contribution in [1.82, 2.24) is 9.78 Å². The summed E-state index contributed by atoms with van der Waals surface area (Å²) in [4.78, 5) is 12.3.